The minimum absolute atomic E-state index is 0.0167. The van der Waals surface area contributed by atoms with Crippen LogP contribution in [0.15, 0.2) is 30.3 Å². The molecular formula is C20H32O2. The molecule has 1 aromatic carbocycles. The van der Waals surface area contributed by atoms with E-state index < -0.39 is 0 Å². The molecule has 0 radical (unpaired) electrons. The van der Waals surface area contributed by atoms with Gasteiger partial charge in [0.05, 0.1) is 18.3 Å². The second-order valence-electron chi connectivity index (χ2n) is 6.70. The van der Waals surface area contributed by atoms with E-state index in [1.165, 1.54) is 50.5 Å². The van der Waals surface area contributed by atoms with Crippen molar-refractivity contribution in [1.29, 1.82) is 0 Å². The maximum Gasteiger partial charge on any atom is 0.0878 e. The largest absolute Gasteiger partial charge is 0.390 e. The fourth-order valence-electron chi connectivity index (χ4n) is 3.36. The number of benzene rings is 1. The van der Waals surface area contributed by atoms with E-state index in [-0.39, 0.29) is 18.3 Å². The minimum atomic E-state index is -0.297. The van der Waals surface area contributed by atoms with E-state index in [1.54, 1.807) is 0 Å². The summed E-state index contributed by atoms with van der Waals surface area (Å²) in [6.45, 7) is 2.26. The van der Waals surface area contributed by atoms with E-state index in [0.29, 0.717) is 0 Å². The SMILES string of the molecule is CCCCCCCCC[C@H]1C[C@H](O)[C@H](Cc2ccccc2)O1. The van der Waals surface area contributed by atoms with Gasteiger partial charge in [-0.25, -0.2) is 0 Å². The monoisotopic (exact) mass is 304 g/mol. The third kappa shape index (κ3) is 6.10. The lowest BCUT2D eigenvalue weighted by molar-refractivity contribution is 0.00757. The second kappa shape index (κ2) is 10.0. The van der Waals surface area contributed by atoms with Gasteiger partial charge in [0, 0.05) is 12.8 Å². The zero-order valence-electron chi connectivity index (χ0n) is 14.0. The first-order chi connectivity index (χ1) is 10.8. The number of ether oxygens (including phenoxy) is 1. The predicted octanol–water partition coefficient (Wildman–Crippen LogP) is 4.89. The summed E-state index contributed by atoms with van der Waals surface area (Å²) in [5.41, 5.74) is 1.25. The first kappa shape index (κ1) is 17.5. The quantitative estimate of drug-likeness (QED) is 0.624. The first-order valence-electron chi connectivity index (χ1n) is 9.17. The van der Waals surface area contributed by atoms with E-state index in [1.807, 2.05) is 18.2 Å². The molecule has 1 fully saturated rings. The van der Waals surface area contributed by atoms with E-state index in [4.69, 9.17) is 4.74 Å². The normalized spacial score (nSPS) is 24.7. The van der Waals surface area contributed by atoms with Gasteiger partial charge in [-0.1, -0.05) is 82.2 Å². The molecule has 0 spiro atoms. The smallest absolute Gasteiger partial charge is 0.0878 e. The Morgan fingerprint density at radius 1 is 1.00 bits per heavy atom. The van der Waals surface area contributed by atoms with Crippen molar-refractivity contribution in [2.24, 2.45) is 0 Å². The Kier molecular flexibility index (Phi) is 7.96. The zero-order valence-corrected chi connectivity index (χ0v) is 14.0. The summed E-state index contributed by atoms with van der Waals surface area (Å²) in [5.74, 6) is 0. The number of hydrogen-bond donors (Lipinski definition) is 1. The second-order valence-corrected chi connectivity index (χ2v) is 6.70. The molecule has 124 valence electrons. The number of rotatable bonds is 10. The van der Waals surface area contributed by atoms with Gasteiger partial charge in [0.25, 0.3) is 0 Å². The van der Waals surface area contributed by atoms with Gasteiger partial charge in [0.1, 0.15) is 0 Å². The molecule has 2 nitrogen and oxygen atoms in total. The summed E-state index contributed by atoms with van der Waals surface area (Å²) in [5, 5.41) is 10.2. The predicted molar refractivity (Wildman–Crippen MR) is 92.0 cm³/mol. The number of aliphatic hydroxyl groups is 1. The third-order valence-electron chi connectivity index (χ3n) is 4.71. The molecule has 2 rings (SSSR count). The fraction of sp³-hybridized carbons (Fsp3) is 0.700. The van der Waals surface area contributed by atoms with Gasteiger partial charge in [0.15, 0.2) is 0 Å². The van der Waals surface area contributed by atoms with Gasteiger partial charge >= 0.3 is 0 Å². The van der Waals surface area contributed by atoms with E-state index >= 15 is 0 Å². The maximum absolute atomic E-state index is 10.2. The van der Waals surface area contributed by atoms with Crippen molar-refractivity contribution < 1.29 is 9.84 Å². The van der Waals surface area contributed by atoms with Crippen molar-refractivity contribution in [3.8, 4) is 0 Å². The molecule has 1 N–H and O–H groups in total. The van der Waals surface area contributed by atoms with Crippen LogP contribution in [0.3, 0.4) is 0 Å². The van der Waals surface area contributed by atoms with Gasteiger partial charge < -0.3 is 9.84 Å². The lowest BCUT2D eigenvalue weighted by Gasteiger charge is -2.15. The average molecular weight is 304 g/mol. The van der Waals surface area contributed by atoms with Crippen molar-refractivity contribution in [1.82, 2.24) is 0 Å². The van der Waals surface area contributed by atoms with Crippen LogP contribution in [0.2, 0.25) is 0 Å². The number of aliphatic hydroxyl groups excluding tert-OH is 1. The van der Waals surface area contributed by atoms with Crippen molar-refractivity contribution in [2.45, 2.75) is 89.4 Å². The molecule has 2 heteroatoms. The Balaban J connectivity index is 1.60. The fourth-order valence-corrected chi connectivity index (χ4v) is 3.36. The van der Waals surface area contributed by atoms with Crippen LogP contribution in [0.1, 0.15) is 70.3 Å². The van der Waals surface area contributed by atoms with Crippen LogP contribution >= 0.6 is 0 Å². The molecule has 1 aliphatic rings. The molecule has 0 unspecified atom stereocenters. The van der Waals surface area contributed by atoms with E-state index in [9.17, 15) is 5.11 Å². The van der Waals surface area contributed by atoms with Gasteiger partial charge in [0.2, 0.25) is 0 Å². The molecule has 0 amide bonds. The lowest BCUT2D eigenvalue weighted by Crippen LogP contribution is -2.23. The van der Waals surface area contributed by atoms with Gasteiger partial charge in [-0.05, 0) is 12.0 Å². The molecule has 0 aromatic heterocycles. The molecule has 22 heavy (non-hydrogen) atoms. The maximum atomic E-state index is 10.2. The van der Waals surface area contributed by atoms with Crippen molar-refractivity contribution in [3.63, 3.8) is 0 Å². The van der Waals surface area contributed by atoms with Crippen LogP contribution in [-0.2, 0) is 11.2 Å². The molecule has 1 saturated heterocycles. The molecule has 1 aromatic rings. The van der Waals surface area contributed by atoms with Crippen LogP contribution in [0, 0.1) is 0 Å². The Hall–Kier alpha value is -0.860. The summed E-state index contributed by atoms with van der Waals surface area (Å²) < 4.78 is 6.07. The molecule has 0 bridgehead atoms. The van der Waals surface area contributed by atoms with Gasteiger partial charge in [-0.2, -0.15) is 0 Å². The Morgan fingerprint density at radius 3 is 2.41 bits per heavy atom. The summed E-state index contributed by atoms with van der Waals surface area (Å²) >= 11 is 0. The van der Waals surface area contributed by atoms with Gasteiger partial charge in [-0.3, -0.25) is 0 Å². The average Bonchev–Trinajstić information content (AvgIpc) is 2.87. The molecule has 0 saturated carbocycles. The van der Waals surface area contributed by atoms with Crippen LogP contribution in [-0.4, -0.2) is 23.4 Å². The zero-order chi connectivity index (χ0) is 15.6. The molecular weight excluding hydrogens is 272 g/mol. The van der Waals surface area contributed by atoms with Gasteiger partial charge in [-0.15, -0.1) is 0 Å². The van der Waals surface area contributed by atoms with Crippen LogP contribution in [0.25, 0.3) is 0 Å². The highest BCUT2D eigenvalue weighted by Gasteiger charge is 2.33. The Morgan fingerprint density at radius 2 is 1.68 bits per heavy atom. The standard InChI is InChI=1S/C20H32O2/c1-2-3-4-5-6-7-11-14-18-16-19(21)20(22-18)15-17-12-9-8-10-13-17/h8-10,12-13,18-21H,2-7,11,14-16H2,1H3/t18-,19-,20-/m0/s1. The molecule has 1 heterocycles. The lowest BCUT2D eigenvalue weighted by atomic mass is 10.0. The van der Waals surface area contributed by atoms with Crippen LogP contribution in [0.4, 0.5) is 0 Å². The Bertz CT molecular complexity index is 390. The van der Waals surface area contributed by atoms with Crippen LogP contribution in [0.5, 0.6) is 0 Å². The molecule has 3 atom stereocenters. The first-order valence-corrected chi connectivity index (χ1v) is 9.17. The summed E-state index contributed by atoms with van der Waals surface area (Å²) in [6.07, 6.45) is 12.0. The number of hydrogen-bond acceptors (Lipinski definition) is 2. The minimum Gasteiger partial charge on any atom is -0.390 e. The summed E-state index contributed by atoms with van der Waals surface area (Å²) in [4.78, 5) is 0. The number of unbranched alkanes of at least 4 members (excludes halogenated alkanes) is 6. The van der Waals surface area contributed by atoms with Crippen molar-refractivity contribution in [2.75, 3.05) is 0 Å². The molecule has 1 aliphatic heterocycles. The summed E-state index contributed by atoms with van der Waals surface area (Å²) in [7, 11) is 0. The highest BCUT2D eigenvalue weighted by atomic mass is 16.5. The third-order valence-corrected chi connectivity index (χ3v) is 4.71. The Labute approximate surface area is 135 Å². The van der Waals surface area contributed by atoms with Crippen molar-refractivity contribution in [3.05, 3.63) is 35.9 Å². The van der Waals surface area contributed by atoms with E-state index in [2.05, 4.69) is 19.1 Å². The summed E-state index contributed by atoms with van der Waals surface area (Å²) in [6, 6.07) is 10.3. The van der Waals surface area contributed by atoms with E-state index in [0.717, 1.165) is 19.3 Å². The highest BCUT2D eigenvalue weighted by molar-refractivity contribution is 5.16. The topological polar surface area (TPSA) is 29.5 Å². The van der Waals surface area contributed by atoms with Crippen LogP contribution < -0.4 is 0 Å². The van der Waals surface area contributed by atoms with Crippen molar-refractivity contribution >= 4 is 0 Å². The highest BCUT2D eigenvalue weighted by Crippen LogP contribution is 2.27. The molecule has 0 aliphatic carbocycles.